The van der Waals surface area contributed by atoms with E-state index < -0.39 is 15.4 Å². The molecule has 7 nitrogen and oxygen atoms in total. The van der Waals surface area contributed by atoms with Crippen molar-refractivity contribution in [2.75, 3.05) is 11.6 Å². The third-order valence-electron chi connectivity index (χ3n) is 7.58. The predicted octanol–water partition coefficient (Wildman–Crippen LogP) is 3.67. The average molecular weight is 478 g/mol. The Morgan fingerprint density at radius 1 is 1.25 bits per heavy atom. The molecule has 1 heterocycles. The molecule has 1 N–H and O–H groups in total. The Kier molecular flexibility index (Phi) is 5.74. The summed E-state index contributed by atoms with van der Waals surface area (Å²) in [5.74, 6) is 1.42. The summed E-state index contributed by atoms with van der Waals surface area (Å²) in [5, 5.41) is 7.59. The largest absolute Gasteiger partial charge is 0.379 e. The Labute approximate surface area is 193 Å². The fraction of sp³-hybridized carbons (Fsp3) is 0.522. The van der Waals surface area contributed by atoms with Gasteiger partial charge < -0.3 is 5.32 Å². The Hall–Kier alpha value is -2.19. The number of ketones is 1. The number of Topliss-reactive ketones (excluding diaryl/α,β-unsaturated/α-hetero) is 1. The quantitative estimate of drug-likeness (QED) is 0.637. The lowest BCUT2D eigenvalue weighted by Crippen LogP contribution is -2.58. The second-order valence-electron chi connectivity index (χ2n) is 9.76. The third-order valence-corrected chi connectivity index (χ3v) is 9.07. The molecule has 0 amide bonds. The van der Waals surface area contributed by atoms with Gasteiger partial charge in [0.05, 0.1) is 16.8 Å². The topological polar surface area (TPSA) is 98.1 Å². The monoisotopic (exact) mass is 477 g/mol. The molecule has 1 aromatic heterocycles. The molecule has 0 saturated heterocycles. The highest BCUT2D eigenvalue weighted by atomic mass is 35.5. The number of carbonyl (C=O) groups excluding carboxylic acids is 1. The van der Waals surface area contributed by atoms with E-state index in [9.17, 15) is 18.0 Å². The normalized spacial score (nSPS) is 26.3. The highest BCUT2D eigenvalue weighted by molar-refractivity contribution is 7.90. The van der Waals surface area contributed by atoms with Crippen LogP contribution in [0.2, 0.25) is 5.02 Å². The van der Waals surface area contributed by atoms with Gasteiger partial charge in [0.15, 0.2) is 15.6 Å². The molecule has 32 heavy (non-hydrogen) atoms. The van der Waals surface area contributed by atoms with E-state index >= 15 is 0 Å². The lowest BCUT2D eigenvalue weighted by Gasteiger charge is -2.62. The van der Waals surface area contributed by atoms with Gasteiger partial charge in [-0.25, -0.2) is 13.1 Å². The number of carbonyl (C=O) groups is 1. The van der Waals surface area contributed by atoms with Gasteiger partial charge in [0, 0.05) is 17.9 Å². The number of hydrogen-bond acceptors (Lipinski definition) is 6. The fourth-order valence-corrected chi connectivity index (χ4v) is 6.17. The van der Waals surface area contributed by atoms with Gasteiger partial charge in [-0.1, -0.05) is 44.5 Å². The zero-order chi connectivity index (χ0) is 23.4. The molecular formula is C23H28ClN3O4S. The molecule has 3 aliphatic carbocycles. The van der Waals surface area contributed by atoms with Crippen LogP contribution in [0.5, 0.6) is 0 Å². The Balaban J connectivity index is 1.47. The van der Waals surface area contributed by atoms with Crippen LogP contribution >= 0.6 is 11.6 Å². The molecule has 0 radical (unpaired) electrons. The van der Waals surface area contributed by atoms with Crippen LogP contribution < -0.4 is 10.9 Å². The van der Waals surface area contributed by atoms with Crippen LogP contribution in [0.4, 0.5) is 5.69 Å². The van der Waals surface area contributed by atoms with Crippen LogP contribution in [-0.4, -0.2) is 36.3 Å². The molecule has 172 valence electrons. The molecule has 5 rings (SSSR count). The van der Waals surface area contributed by atoms with Crippen LogP contribution in [0.15, 0.2) is 40.2 Å². The number of nitrogens with zero attached hydrogens (tertiary/aromatic N) is 2. The van der Waals surface area contributed by atoms with E-state index in [0.29, 0.717) is 34.4 Å². The van der Waals surface area contributed by atoms with Gasteiger partial charge in [-0.3, -0.25) is 9.59 Å². The molecule has 3 saturated carbocycles. The van der Waals surface area contributed by atoms with Crippen LogP contribution in [-0.2, 0) is 16.4 Å². The van der Waals surface area contributed by atoms with Crippen molar-refractivity contribution in [2.45, 2.75) is 51.1 Å². The molecule has 4 atom stereocenters. The first-order valence-electron chi connectivity index (χ1n) is 10.7. The van der Waals surface area contributed by atoms with Crippen LogP contribution in [0.3, 0.4) is 0 Å². The van der Waals surface area contributed by atoms with Gasteiger partial charge in [-0.15, -0.1) is 0 Å². The van der Waals surface area contributed by atoms with Gasteiger partial charge in [-0.2, -0.15) is 5.10 Å². The Morgan fingerprint density at radius 2 is 1.91 bits per heavy atom. The molecule has 2 bridgehead atoms. The summed E-state index contributed by atoms with van der Waals surface area (Å²) in [6.45, 7) is 6.63. The second-order valence-corrected chi connectivity index (χ2v) is 12.2. The zero-order valence-electron chi connectivity index (χ0n) is 18.6. The van der Waals surface area contributed by atoms with Gasteiger partial charge in [-0.05, 0) is 48.1 Å². The van der Waals surface area contributed by atoms with E-state index in [-0.39, 0.29) is 28.3 Å². The molecule has 3 aliphatic rings. The predicted molar refractivity (Wildman–Crippen MR) is 124 cm³/mol. The van der Waals surface area contributed by atoms with Gasteiger partial charge in [0.1, 0.15) is 11.6 Å². The van der Waals surface area contributed by atoms with Crippen LogP contribution in [0.1, 0.15) is 44.0 Å². The fourth-order valence-electron chi connectivity index (χ4n) is 5.33. The first kappa shape index (κ1) is 23.0. The lowest BCUT2D eigenvalue weighted by atomic mass is 9.45. The lowest BCUT2D eigenvalue weighted by molar-refractivity contribution is -0.105. The molecule has 3 fully saturated rings. The van der Waals surface area contributed by atoms with Crippen LogP contribution in [0.25, 0.3) is 0 Å². The SMILES string of the molecule is C[C@H]1[C@H](Nc2cnn(CC(=O)c3ccc(S(C)(=O)=O)cc3)c(=O)c2Cl)C[C@H]2C[C@@H]1C2(C)C. The smallest absolute Gasteiger partial charge is 0.288 e. The summed E-state index contributed by atoms with van der Waals surface area (Å²) < 4.78 is 24.2. The van der Waals surface area contributed by atoms with E-state index in [0.717, 1.165) is 17.4 Å². The third kappa shape index (κ3) is 3.99. The number of rotatable bonds is 6. The number of nitrogens with one attached hydrogen (secondary N) is 1. The number of fused-ring (bicyclic) bond motifs is 2. The Morgan fingerprint density at radius 3 is 2.47 bits per heavy atom. The van der Waals surface area contributed by atoms with Gasteiger partial charge >= 0.3 is 0 Å². The number of halogens is 1. The van der Waals surface area contributed by atoms with Gasteiger partial charge in [0.2, 0.25) is 0 Å². The minimum Gasteiger partial charge on any atom is -0.379 e. The summed E-state index contributed by atoms with van der Waals surface area (Å²) in [7, 11) is -3.35. The first-order valence-corrected chi connectivity index (χ1v) is 13.0. The maximum Gasteiger partial charge on any atom is 0.288 e. The van der Waals surface area contributed by atoms with E-state index in [1.165, 1.54) is 36.9 Å². The minimum atomic E-state index is -3.35. The maximum absolute atomic E-state index is 12.7. The van der Waals surface area contributed by atoms with Crippen molar-refractivity contribution in [3.05, 3.63) is 51.4 Å². The highest BCUT2D eigenvalue weighted by Crippen LogP contribution is 2.61. The number of hydrogen-bond donors (Lipinski definition) is 1. The van der Waals surface area contributed by atoms with Crippen LogP contribution in [0, 0.1) is 23.2 Å². The molecule has 1 aromatic carbocycles. The summed E-state index contributed by atoms with van der Waals surface area (Å²) in [6.07, 6.45) is 4.89. The van der Waals surface area contributed by atoms with E-state index in [1.54, 1.807) is 0 Å². The maximum atomic E-state index is 12.7. The molecule has 9 heteroatoms. The standard InChI is InChI=1S/C23H28ClN3O4S/c1-13-17-9-15(23(17,2)3)10-18(13)26-19-11-25-27(22(29)21(19)24)12-20(28)14-5-7-16(8-6-14)32(4,30)31/h5-8,11,13,15,17-18,26H,9-10,12H2,1-4H3/t13-,15-,17+,18-/m1/s1. The Bertz CT molecular complexity index is 1220. The van der Waals surface area contributed by atoms with E-state index in [2.05, 4.69) is 31.2 Å². The summed E-state index contributed by atoms with van der Waals surface area (Å²) in [5.41, 5.74) is 0.617. The molecular weight excluding hydrogens is 450 g/mol. The number of aromatic nitrogens is 2. The van der Waals surface area contributed by atoms with E-state index in [4.69, 9.17) is 11.6 Å². The minimum absolute atomic E-state index is 0.0194. The van der Waals surface area contributed by atoms with Gasteiger partial charge in [0.25, 0.3) is 5.56 Å². The van der Waals surface area contributed by atoms with Crippen molar-refractivity contribution in [3.8, 4) is 0 Å². The molecule has 0 aliphatic heterocycles. The first-order chi connectivity index (χ1) is 14.9. The number of anilines is 1. The highest BCUT2D eigenvalue weighted by Gasteiger charge is 2.56. The van der Waals surface area contributed by atoms with Crippen molar-refractivity contribution >= 4 is 32.9 Å². The van der Waals surface area contributed by atoms with Crippen molar-refractivity contribution < 1.29 is 13.2 Å². The van der Waals surface area contributed by atoms with E-state index in [1.807, 2.05) is 0 Å². The van der Waals surface area contributed by atoms with Crippen molar-refractivity contribution in [2.24, 2.45) is 23.2 Å². The summed E-state index contributed by atoms with van der Waals surface area (Å²) in [6, 6.07) is 5.83. The summed E-state index contributed by atoms with van der Waals surface area (Å²) >= 11 is 6.36. The second kappa shape index (κ2) is 7.99. The van der Waals surface area contributed by atoms with Crippen molar-refractivity contribution in [3.63, 3.8) is 0 Å². The van der Waals surface area contributed by atoms with Crippen molar-refractivity contribution in [1.29, 1.82) is 0 Å². The molecule has 0 spiro atoms. The number of benzene rings is 1. The summed E-state index contributed by atoms with van der Waals surface area (Å²) in [4.78, 5) is 25.4. The van der Waals surface area contributed by atoms with Crippen molar-refractivity contribution in [1.82, 2.24) is 9.78 Å². The molecule has 0 unspecified atom stereocenters. The molecule has 2 aromatic rings. The average Bonchev–Trinajstić information content (AvgIpc) is 2.73. The zero-order valence-corrected chi connectivity index (χ0v) is 20.2. The number of sulfone groups is 1.